The SMILES string of the molecule is COc1cc(Br)c(C(=O)Nc2scc(-c3cccc(Br)c3)c2C(=O)O)c(Br)c1Br. The van der Waals surface area contributed by atoms with Gasteiger partial charge in [0.15, 0.2) is 0 Å². The van der Waals surface area contributed by atoms with Crippen molar-refractivity contribution in [2.75, 3.05) is 12.4 Å². The first-order valence-corrected chi connectivity index (χ1v) is 11.9. The maximum Gasteiger partial charge on any atom is 0.339 e. The van der Waals surface area contributed by atoms with E-state index in [1.54, 1.807) is 11.4 Å². The highest BCUT2D eigenvalue weighted by molar-refractivity contribution is 9.13. The van der Waals surface area contributed by atoms with Crippen molar-refractivity contribution < 1.29 is 19.4 Å². The molecule has 0 unspecified atom stereocenters. The van der Waals surface area contributed by atoms with Crippen LogP contribution >= 0.6 is 75.1 Å². The van der Waals surface area contributed by atoms with Gasteiger partial charge in [-0.05, 0) is 71.6 Å². The number of nitrogens with one attached hydrogen (secondary N) is 1. The predicted molar refractivity (Wildman–Crippen MR) is 128 cm³/mol. The number of carbonyl (C=O) groups excluding carboxylic acids is 1. The summed E-state index contributed by atoms with van der Waals surface area (Å²) in [6, 6.07) is 8.98. The van der Waals surface area contributed by atoms with Crippen LogP contribution in [0.3, 0.4) is 0 Å². The summed E-state index contributed by atoms with van der Waals surface area (Å²) in [6.45, 7) is 0. The second-order valence-corrected chi connectivity index (χ2v) is 9.92. The van der Waals surface area contributed by atoms with Crippen LogP contribution in [0.4, 0.5) is 5.00 Å². The van der Waals surface area contributed by atoms with E-state index >= 15 is 0 Å². The molecule has 0 spiro atoms. The predicted octanol–water partition coefficient (Wildman–Crippen LogP) is 7.42. The third kappa shape index (κ3) is 4.61. The molecule has 1 amide bonds. The number of ether oxygens (including phenoxy) is 1. The summed E-state index contributed by atoms with van der Waals surface area (Å²) in [5.74, 6) is -1.04. The number of aromatic carboxylic acids is 1. The van der Waals surface area contributed by atoms with E-state index in [1.807, 2.05) is 24.3 Å². The van der Waals surface area contributed by atoms with Crippen LogP contribution < -0.4 is 10.1 Å². The molecule has 29 heavy (non-hydrogen) atoms. The summed E-state index contributed by atoms with van der Waals surface area (Å²) in [7, 11) is 1.52. The molecule has 1 aromatic heterocycles. The molecule has 2 aromatic carbocycles. The van der Waals surface area contributed by atoms with Gasteiger partial charge in [-0.15, -0.1) is 11.3 Å². The van der Waals surface area contributed by atoms with E-state index < -0.39 is 11.9 Å². The van der Waals surface area contributed by atoms with Crippen molar-refractivity contribution in [1.29, 1.82) is 0 Å². The molecule has 0 saturated carbocycles. The van der Waals surface area contributed by atoms with Crippen molar-refractivity contribution in [1.82, 2.24) is 0 Å². The summed E-state index contributed by atoms with van der Waals surface area (Å²) in [5.41, 5.74) is 1.63. The summed E-state index contributed by atoms with van der Waals surface area (Å²) in [5, 5.41) is 14.5. The van der Waals surface area contributed by atoms with E-state index in [1.165, 1.54) is 7.11 Å². The lowest BCUT2D eigenvalue weighted by Crippen LogP contribution is -2.15. The minimum Gasteiger partial charge on any atom is -0.495 e. The molecule has 0 aliphatic carbocycles. The lowest BCUT2D eigenvalue weighted by molar-refractivity contribution is 0.0699. The average molecular weight is 669 g/mol. The Morgan fingerprint density at radius 2 is 1.79 bits per heavy atom. The van der Waals surface area contributed by atoms with Crippen molar-refractivity contribution in [2.24, 2.45) is 0 Å². The zero-order chi connectivity index (χ0) is 21.3. The van der Waals surface area contributed by atoms with E-state index in [0.717, 1.165) is 21.4 Å². The third-order valence-electron chi connectivity index (χ3n) is 3.94. The maximum atomic E-state index is 13.0. The molecule has 0 aliphatic heterocycles. The van der Waals surface area contributed by atoms with Crippen molar-refractivity contribution in [3.8, 4) is 16.9 Å². The van der Waals surface area contributed by atoms with Crippen molar-refractivity contribution >= 4 is 91.9 Å². The van der Waals surface area contributed by atoms with E-state index in [4.69, 9.17) is 4.74 Å². The smallest absolute Gasteiger partial charge is 0.339 e. The monoisotopic (exact) mass is 665 g/mol. The average Bonchev–Trinajstić information content (AvgIpc) is 3.08. The van der Waals surface area contributed by atoms with Crippen LogP contribution in [-0.2, 0) is 0 Å². The highest BCUT2D eigenvalue weighted by Gasteiger charge is 2.25. The van der Waals surface area contributed by atoms with Gasteiger partial charge in [-0.1, -0.05) is 28.1 Å². The molecule has 0 bridgehead atoms. The van der Waals surface area contributed by atoms with Gasteiger partial charge < -0.3 is 15.2 Å². The van der Waals surface area contributed by atoms with Gasteiger partial charge in [0.25, 0.3) is 5.91 Å². The van der Waals surface area contributed by atoms with Crippen molar-refractivity contribution in [3.63, 3.8) is 0 Å². The molecule has 1 heterocycles. The van der Waals surface area contributed by atoms with Crippen molar-refractivity contribution in [3.05, 3.63) is 64.7 Å². The Labute approximate surface area is 204 Å². The van der Waals surface area contributed by atoms with Gasteiger partial charge >= 0.3 is 5.97 Å². The van der Waals surface area contributed by atoms with Crippen LogP contribution in [0.2, 0.25) is 0 Å². The highest BCUT2D eigenvalue weighted by atomic mass is 79.9. The second kappa shape index (κ2) is 9.30. The topological polar surface area (TPSA) is 75.6 Å². The molecular formula is C19H11Br4NO4S. The van der Waals surface area contributed by atoms with Gasteiger partial charge in [-0.3, -0.25) is 4.79 Å². The van der Waals surface area contributed by atoms with Crippen LogP contribution in [0.15, 0.2) is 53.6 Å². The van der Waals surface area contributed by atoms with Gasteiger partial charge in [0.1, 0.15) is 16.3 Å². The van der Waals surface area contributed by atoms with Crippen LogP contribution in [0.5, 0.6) is 5.75 Å². The molecule has 3 aromatic rings. The molecule has 0 atom stereocenters. The maximum absolute atomic E-state index is 13.0. The van der Waals surface area contributed by atoms with Gasteiger partial charge in [-0.25, -0.2) is 4.79 Å². The Balaban J connectivity index is 2.03. The normalized spacial score (nSPS) is 10.7. The Hall–Kier alpha value is -1.20. The number of benzene rings is 2. The first-order valence-electron chi connectivity index (χ1n) is 7.88. The molecule has 0 fully saturated rings. The third-order valence-corrected chi connectivity index (χ3v) is 8.07. The van der Waals surface area contributed by atoms with Gasteiger partial charge in [-0.2, -0.15) is 0 Å². The number of hydrogen-bond donors (Lipinski definition) is 2. The fourth-order valence-electron chi connectivity index (χ4n) is 2.63. The van der Waals surface area contributed by atoms with E-state index in [-0.39, 0.29) is 10.6 Å². The molecule has 5 nitrogen and oxygen atoms in total. The number of amides is 1. The number of halogens is 4. The minimum atomic E-state index is -1.12. The quantitative estimate of drug-likeness (QED) is 0.278. The summed E-state index contributed by atoms with van der Waals surface area (Å²) in [4.78, 5) is 24.9. The lowest BCUT2D eigenvalue weighted by atomic mass is 10.0. The molecule has 0 aliphatic rings. The Morgan fingerprint density at radius 1 is 1.07 bits per heavy atom. The number of thiophene rings is 1. The summed E-state index contributed by atoms with van der Waals surface area (Å²) in [6.07, 6.45) is 0. The first-order chi connectivity index (χ1) is 13.7. The lowest BCUT2D eigenvalue weighted by Gasteiger charge is -2.13. The summed E-state index contributed by atoms with van der Waals surface area (Å²) >= 11 is 14.7. The van der Waals surface area contributed by atoms with Gasteiger partial charge in [0.05, 0.1) is 17.1 Å². The molecule has 3 rings (SSSR count). The van der Waals surface area contributed by atoms with Gasteiger partial charge in [0.2, 0.25) is 0 Å². The number of carboxylic acids is 1. The molecule has 10 heteroatoms. The van der Waals surface area contributed by atoms with Crippen molar-refractivity contribution in [2.45, 2.75) is 0 Å². The second-order valence-electron chi connectivity index (χ2n) is 5.69. The fraction of sp³-hybridized carbons (Fsp3) is 0.0526. The summed E-state index contributed by atoms with van der Waals surface area (Å²) < 4.78 is 7.65. The Morgan fingerprint density at radius 3 is 2.41 bits per heavy atom. The van der Waals surface area contributed by atoms with Crippen LogP contribution in [-0.4, -0.2) is 24.1 Å². The number of anilines is 1. The molecule has 2 N–H and O–H groups in total. The number of methoxy groups -OCH3 is 1. The number of carboxylic acid groups (broad SMARTS) is 1. The first kappa shape index (κ1) is 22.5. The number of carbonyl (C=O) groups is 2. The van der Waals surface area contributed by atoms with E-state index in [0.29, 0.717) is 30.3 Å². The zero-order valence-corrected chi connectivity index (χ0v) is 21.7. The molecule has 0 saturated heterocycles. The van der Waals surface area contributed by atoms with Crippen LogP contribution in [0, 0.1) is 0 Å². The Bertz CT molecular complexity index is 1130. The van der Waals surface area contributed by atoms with E-state index in [9.17, 15) is 14.7 Å². The number of hydrogen-bond acceptors (Lipinski definition) is 4. The molecule has 0 radical (unpaired) electrons. The zero-order valence-electron chi connectivity index (χ0n) is 14.6. The number of rotatable bonds is 5. The minimum absolute atomic E-state index is 0.0428. The van der Waals surface area contributed by atoms with Crippen LogP contribution in [0.1, 0.15) is 20.7 Å². The fourth-order valence-corrected chi connectivity index (χ4v) is 5.90. The molecular weight excluding hydrogens is 658 g/mol. The van der Waals surface area contributed by atoms with Gasteiger partial charge in [0, 0.05) is 24.4 Å². The largest absolute Gasteiger partial charge is 0.495 e. The standard InChI is InChI=1S/C19H11Br4NO4S/c1-28-12-6-11(21)14(16(23)15(12)22)17(25)24-18-13(19(26)27)10(7-29-18)8-3-2-4-9(20)5-8/h2-7H,1H3,(H,24,25)(H,26,27). The highest BCUT2D eigenvalue weighted by Crippen LogP contribution is 2.41. The Kier molecular flexibility index (Phi) is 7.21. The molecule has 150 valence electrons. The van der Waals surface area contributed by atoms with E-state index in [2.05, 4.69) is 69.0 Å². The van der Waals surface area contributed by atoms with Crippen LogP contribution in [0.25, 0.3) is 11.1 Å².